The molecule has 1 aromatic heterocycles. The number of benzene rings is 1. The van der Waals surface area contributed by atoms with E-state index < -0.39 is 0 Å². The molecule has 3 rings (SSSR count). The van der Waals surface area contributed by atoms with E-state index in [0.29, 0.717) is 6.54 Å². The molecule has 0 bridgehead atoms. The summed E-state index contributed by atoms with van der Waals surface area (Å²) in [4.78, 5) is 14.7. The van der Waals surface area contributed by atoms with Crippen LogP contribution in [0.1, 0.15) is 49.9 Å². The SMILES string of the molecule is C[C@@H](CCCc1ccccc1)C(=O)N1CCC[C@H](c2nn[nH]n2)C1. The Morgan fingerprint density at radius 1 is 1.38 bits per heavy atom. The third-order valence-corrected chi connectivity index (χ3v) is 4.83. The highest BCUT2D eigenvalue weighted by Gasteiger charge is 2.29. The van der Waals surface area contributed by atoms with E-state index in [0.717, 1.165) is 44.5 Å². The van der Waals surface area contributed by atoms with Crippen LogP contribution in [0.4, 0.5) is 0 Å². The van der Waals surface area contributed by atoms with Gasteiger partial charge in [0.2, 0.25) is 5.91 Å². The van der Waals surface area contributed by atoms with E-state index in [4.69, 9.17) is 0 Å². The highest BCUT2D eigenvalue weighted by Crippen LogP contribution is 2.25. The fraction of sp³-hybridized carbons (Fsp3) is 0.556. The second-order valence-corrected chi connectivity index (χ2v) is 6.67. The Morgan fingerprint density at radius 2 is 2.21 bits per heavy atom. The lowest BCUT2D eigenvalue weighted by molar-refractivity contribution is -0.136. The Balaban J connectivity index is 1.48. The van der Waals surface area contributed by atoms with Gasteiger partial charge in [-0.2, -0.15) is 5.21 Å². The van der Waals surface area contributed by atoms with Gasteiger partial charge in [-0.15, -0.1) is 10.2 Å². The standard InChI is InChI=1S/C18H25N5O/c1-14(7-5-10-15-8-3-2-4-9-15)18(24)23-12-6-11-16(13-23)17-19-21-22-20-17/h2-4,8-9,14,16H,5-7,10-13H2,1H3,(H,19,20,21,22)/t14-,16-/m0/s1. The predicted molar refractivity (Wildman–Crippen MR) is 91.3 cm³/mol. The molecule has 1 amide bonds. The summed E-state index contributed by atoms with van der Waals surface area (Å²) in [5.41, 5.74) is 1.34. The summed E-state index contributed by atoms with van der Waals surface area (Å²) in [6, 6.07) is 10.5. The van der Waals surface area contributed by atoms with Crippen LogP contribution in [0.2, 0.25) is 0 Å². The van der Waals surface area contributed by atoms with E-state index in [1.165, 1.54) is 5.56 Å². The van der Waals surface area contributed by atoms with E-state index >= 15 is 0 Å². The topological polar surface area (TPSA) is 74.8 Å². The number of nitrogens with one attached hydrogen (secondary N) is 1. The van der Waals surface area contributed by atoms with Crippen LogP contribution in [0, 0.1) is 5.92 Å². The Labute approximate surface area is 142 Å². The van der Waals surface area contributed by atoms with Gasteiger partial charge in [0.1, 0.15) is 0 Å². The Bertz CT molecular complexity index is 628. The Morgan fingerprint density at radius 3 is 2.96 bits per heavy atom. The summed E-state index contributed by atoms with van der Waals surface area (Å²) in [6.45, 7) is 3.60. The van der Waals surface area contributed by atoms with Gasteiger partial charge in [0.15, 0.2) is 5.82 Å². The molecule has 6 nitrogen and oxygen atoms in total. The fourth-order valence-electron chi connectivity index (χ4n) is 3.42. The van der Waals surface area contributed by atoms with E-state index in [1.54, 1.807) is 0 Å². The molecule has 2 atom stereocenters. The molecular weight excluding hydrogens is 302 g/mol. The van der Waals surface area contributed by atoms with Gasteiger partial charge in [-0.3, -0.25) is 4.79 Å². The molecule has 2 aromatic rings. The Hall–Kier alpha value is -2.24. The number of aromatic amines is 1. The molecule has 1 saturated heterocycles. The number of carbonyl (C=O) groups is 1. The fourth-order valence-corrected chi connectivity index (χ4v) is 3.42. The minimum Gasteiger partial charge on any atom is -0.342 e. The van der Waals surface area contributed by atoms with Gasteiger partial charge in [-0.05, 0) is 37.7 Å². The molecule has 24 heavy (non-hydrogen) atoms. The van der Waals surface area contributed by atoms with Crippen molar-refractivity contribution in [3.63, 3.8) is 0 Å². The molecule has 1 N–H and O–H groups in total. The summed E-state index contributed by atoms with van der Waals surface area (Å²) in [7, 11) is 0. The maximum absolute atomic E-state index is 12.7. The molecule has 0 radical (unpaired) electrons. The summed E-state index contributed by atoms with van der Waals surface area (Å²) in [6.07, 6.45) is 5.02. The molecule has 0 spiro atoms. The summed E-state index contributed by atoms with van der Waals surface area (Å²) < 4.78 is 0. The van der Waals surface area contributed by atoms with Crippen molar-refractivity contribution in [2.75, 3.05) is 13.1 Å². The van der Waals surface area contributed by atoms with Gasteiger partial charge < -0.3 is 4.90 Å². The quantitative estimate of drug-likeness (QED) is 0.885. The molecule has 0 aliphatic carbocycles. The van der Waals surface area contributed by atoms with E-state index in [2.05, 4.69) is 44.9 Å². The zero-order valence-electron chi connectivity index (χ0n) is 14.2. The molecule has 128 valence electrons. The number of piperidine rings is 1. The van der Waals surface area contributed by atoms with E-state index in [1.807, 2.05) is 17.9 Å². The van der Waals surface area contributed by atoms with Crippen LogP contribution < -0.4 is 0 Å². The first-order chi connectivity index (χ1) is 11.7. The van der Waals surface area contributed by atoms with Gasteiger partial charge in [-0.1, -0.05) is 42.5 Å². The van der Waals surface area contributed by atoms with Crippen LogP contribution in [0.5, 0.6) is 0 Å². The lowest BCUT2D eigenvalue weighted by atomic mass is 9.94. The second-order valence-electron chi connectivity index (χ2n) is 6.67. The van der Waals surface area contributed by atoms with Crippen LogP contribution >= 0.6 is 0 Å². The highest BCUT2D eigenvalue weighted by molar-refractivity contribution is 5.78. The van der Waals surface area contributed by atoms with Crippen molar-refractivity contribution in [1.29, 1.82) is 0 Å². The molecule has 0 unspecified atom stereocenters. The van der Waals surface area contributed by atoms with Gasteiger partial charge in [-0.25, -0.2) is 0 Å². The van der Waals surface area contributed by atoms with E-state index in [-0.39, 0.29) is 17.7 Å². The number of likely N-dealkylation sites (tertiary alicyclic amines) is 1. The van der Waals surface area contributed by atoms with Gasteiger partial charge >= 0.3 is 0 Å². The van der Waals surface area contributed by atoms with Gasteiger partial charge in [0, 0.05) is 24.9 Å². The minimum atomic E-state index is 0.0673. The van der Waals surface area contributed by atoms with Crippen molar-refractivity contribution in [3.8, 4) is 0 Å². The number of rotatable bonds is 6. The van der Waals surface area contributed by atoms with Crippen molar-refractivity contribution < 1.29 is 4.79 Å². The first kappa shape index (κ1) is 16.6. The average molecular weight is 327 g/mol. The summed E-state index contributed by atoms with van der Waals surface area (Å²) >= 11 is 0. The maximum atomic E-state index is 12.7. The number of tetrazole rings is 1. The van der Waals surface area contributed by atoms with Crippen LogP contribution in [0.25, 0.3) is 0 Å². The van der Waals surface area contributed by atoms with Crippen molar-refractivity contribution >= 4 is 5.91 Å². The third kappa shape index (κ3) is 4.19. The zero-order chi connectivity index (χ0) is 16.8. The molecule has 2 heterocycles. The lowest BCUT2D eigenvalue weighted by Crippen LogP contribution is -2.42. The van der Waals surface area contributed by atoms with Crippen LogP contribution in [0.3, 0.4) is 0 Å². The second kappa shape index (κ2) is 8.04. The molecular formula is C18H25N5O. The molecule has 6 heteroatoms. The average Bonchev–Trinajstić information content (AvgIpc) is 3.17. The number of aromatic nitrogens is 4. The van der Waals surface area contributed by atoms with Crippen LogP contribution in [0.15, 0.2) is 30.3 Å². The molecule has 1 aromatic carbocycles. The smallest absolute Gasteiger partial charge is 0.225 e. The molecule has 0 saturated carbocycles. The van der Waals surface area contributed by atoms with Crippen molar-refractivity contribution in [2.24, 2.45) is 5.92 Å². The zero-order valence-corrected chi connectivity index (χ0v) is 14.2. The van der Waals surface area contributed by atoms with E-state index in [9.17, 15) is 4.79 Å². The third-order valence-electron chi connectivity index (χ3n) is 4.83. The Kier molecular flexibility index (Phi) is 5.56. The monoisotopic (exact) mass is 327 g/mol. The molecule has 1 aliphatic heterocycles. The largest absolute Gasteiger partial charge is 0.342 e. The maximum Gasteiger partial charge on any atom is 0.225 e. The van der Waals surface area contributed by atoms with Crippen molar-refractivity contribution in [3.05, 3.63) is 41.7 Å². The van der Waals surface area contributed by atoms with Crippen LogP contribution in [-0.2, 0) is 11.2 Å². The number of nitrogens with zero attached hydrogens (tertiary/aromatic N) is 4. The van der Waals surface area contributed by atoms with Gasteiger partial charge in [0.25, 0.3) is 0 Å². The lowest BCUT2D eigenvalue weighted by Gasteiger charge is -2.33. The first-order valence-corrected chi connectivity index (χ1v) is 8.80. The van der Waals surface area contributed by atoms with Gasteiger partial charge in [0.05, 0.1) is 0 Å². The predicted octanol–water partition coefficient (Wildman–Crippen LogP) is 2.56. The minimum absolute atomic E-state index is 0.0673. The molecule has 1 aliphatic rings. The normalized spacial score (nSPS) is 19.2. The number of hydrogen-bond donors (Lipinski definition) is 1. The number of H-pyrrole nitrogens is 1. The number of aryl methyl sites for hydroxylation is 1. The number of carbonyl (C=O) groups excluding carboxylic acids is 1. The molecule has 1 fully saturated rings. The van der Waals surface area contributed by atoms with Crippen LogP contribution in [-0.4, -0.2) is 44.5 Å². The summed E-state index contributed by atoms with van der Waals surface area (Å²) in [5, 5.41) is 14.3. The number of hydrogen-bond acceptors (Lipinski definition) is 4. The highest BCUT2D eigenvalue weighted by atomic mass is 16.2. The van der Waals surface area contributed by atoms with Crippen molar-refractivity contribution in [1.82, 2.24) is 25.5 Å². The first-order valence-electron chi connectivity index (χ1n) is 8.80. The van der Waals surface area contributed by atoms with Crippen molar-refractivity contribution in [2.45, 2.75) is 44.9 Å². The number of amides is 1. The summed E-state index contributed by atoms with van der Waals surface area (Å²) in [5.74, 6) is 1.26.